The van der Waals surface area contributed by atoms with Gasteiger partial charge in [-0.05, 0) is 0 Å². The summed E-state index contributed by atoms with van der Waals surface area (Å²) in [6, 6.07) is 1.71. The van der Waals surface area contributed by atoms with Crippen LogP contribution in [-0.2, 0) is 6.54 Å². The number of halogens is 1. The van der Waals surface area contributed by atoms with Crippen LogP contribution in [0.2, 0.25) is 0 Å². The lowest BCUT2D eigenvalue weighted by molar-refractivity contribution is 0.394. The van der Waals surface area contributed by atoms with E-state index in [1.165, 1.54) is 0 Å². The molecule has 0 spiro atoms. The van der Waals surface area contributed by atoms with Crippen LogP contribution < -0.4 is 4.74 Å². The standard InChI is InChI=1S/C11H19N5O.HI/c1-15(2)11(16(3)4)13-8-9-12-7-6-10(14-9)17-5;/h6-7H,8H2,1-5H3;1H. The zero-order valence-electron chi connectivity index (χ0n) is 11.4. The van der Waals surface area contributed by atoms with Crippen molar-refractivity contribution in [1.29, 1.82) is 0 Å². The summed E-state index contributed by atoms with van der Waals surface area (Å²) in [5.41, 5.74) is 0. The summed E-state index contributed by atoms with van der Waals surface area (Å²) in [4.78, 5) is 16.7. The van der Waals surface area contributed by atoms with E-state index in [4.69, 9.17) is 4.74 Å². The van der Waals surface area contributed by atoms with Crippen LogP contribution in [0.15, 0.2) is 17.3 Å². The van der Waals surface area contributed by atoms with E-state index in [0.717, 1.165) is 5.96 Å². The molecule has 0 unspecified atom stereocenters. The number of aliphatic imine (C=N–C) groups is 1. The second-order valence-corrected chi connectivity index (χ2v) is 3.92. The second-order valence-electron chi connectivity index (χ2n) is 3.92. The summed E-state index contributed by atoms with van der Waals surface area (Å²) >= 11 is 0. The van der Waals surface area contributed by atoms with Crippen LogP contribution in [-0.4, -0.2) is 61.0 Å². The van der Waals surface area contributed by atoms with Crippen molar-refractivity contribution in [3.8, 4) is 5.88 Å². The Morgan fingerprint density at radius 1 is 1.28 bits per heavy atom. The summed E-state index contributed by atoms with van der Waals surface area (Å²) in [6.45, 7) is 0.433. The van der Waals surface area contributed by atoms with E-state index >= 15 is 0 Å². The first-order valence-corrected chi connectivity index (χ1v) is 5.29. The van der Waals surface area contributed by atoms with Crippen LogP contribution >= 0.6 is 24.0 Å². The minimum atomic E-state index is 0. The van der Waals surface area contributed by atoms with Crippen LogP contribution in [0, 0.1) is 0 Å². The first kappa shape index (κ1) is 16.9. The molecular formula is C11H20IN5O. The maximum absolute atomic E-state index is 5.04. The molecule has 1 rings (SSSR count). The van der Waals surface area contributed by atoms with Gasteiger partial charge in [0.1, 0.15) is 6.54 Å². The van der Waals surface area contributed by atoms with Crippen LogP contribution in [0.1, 0.15) is 5.82 Å². The zero-order chi connectivity index (χ0) is 12.8. The zero-order valence-corrected chi connectivity index (χ0v) is 13.7. The van der Waals surface area contributed by atoms with E-state index in [1.54, 1.807) is 19.4 Å². The van der Waals surface area contributed by atoms with Gasteiger partial charge in [0.25, 0.3) is 0 Å². The Kier molecular flexibility index (Phi) is 7.56. The normalized spacial score (nSPS) is 9.17. The predicted octanol–water partition coefficient (Wildman–Crippen LogP) is 1.08. The highest BCUT2D eigenvalue weighted by atomic mass is 127. The van der Waals surface area contributed by atoms with Gasteiger partial charge in [-0.25, -0.2) is 9.98 Å². The quantitative estimate of drug-likeness (QED) is 0.456. The number of ether oxygens (including phenoxy) is 1. The fraction of sp³-hybridized carbons (Fsp3) is 0.545. The molecule has 0 amide bonds. The smallest absolute Gasteiger partial charge is 0.216 e. The molecule has 0 N–H and O–H groups in total. The Morgan fingerprint density at radius 3 is 2.39 bits per heavy atom. The molecule has 102 valence electrons. The van der Waals surface area contributed by atoms with Gasteiger partial charge in [0.05, 0.1) is 7.11 Å². The van der Waals surface area contributed by atoms with E-state index in [0.29, 0.717) is 18.2 Å². The van der Waals surface area contributed by atoms with Crippen molar-refractivity contribution in [3.05, 3.63) is 18.1 Å². The van der Waals surface area contributed by atoms with Gasteiger partial charge in [0, 0.05) is 40.5 Å². The lowest BCUT2D eigenvalue weighted by atomic mass is 10.5. The number of nitrogens with zero attached hydrogens (tertiary/aromatic N) is 5. The third-order valence-corrected chi connectivity index (χ3v) is 2.05. The number of guanidine groups is 1. The van der Waals surface area contributed by atoms with Gasteiger partial charge in [-0.1, -0.05) is 0 Å². The molecule has 0 aliphatic carbocycles. The Bertz CT molecular complexity index is 385. The minimum Gasteiger partial charge on any atom is -0.481 e. The molecule has 0 aliphatic heterocycles. The van der Waals surface area contributed by atoms with Crippen molar-refractivity contribution in [3.63, 3.8) is 0 Å². The van der Waals surface area contributed by atoms with Gasteiger partial charge in [-0.3, -0.25) is 0 Å². The number of aromatic nitrogens is 2. The van der Waals surface area contributed by atoms with Gasteiger partial charge < -0.3 is 14.5 Å². The minimum absolute atomic E-state index is 0. The van der Waals surface area contributed by atoms with Crippen LogP contribution in [0.25, 0.3) is 0 Å². The molecule has 0 aromatic carbocycles. The van der Waals surface area contributed by atoms with Gasteiger partial charge in [-0.2, -0.15) is 4.98 Å². The molecule has 0 radical (unpaired) electrons. The fourth-order valence-corrected chi connectivity index (χ4v) is 1.39. The molecule has 0 saturated heterocycles. The third kappa shape index (κ3) is 5.03. The van der Waals surface area contributed by atoms with Crippen molar-refractivity contribution in [2.24, 2.45) is 4.99 Å². The largest absolute Gasteiger partial charge is 0.481 e. The first-order valence-electron chi connectivity index (χ1n) is 5.29. The molecule has 0 fully saturated rings. The second kappa shape index (κ2) is 8.06. The van der Waals surface area contributed by atoms with Crippen molar-refractivity contribution in [1.82, 2.24) is 19.8 Å². The Morgan fingerprint density at radius 2 is 1.89 bits per heavy atom. The first-order chi connectivity index (χ1) is 8.04. The number of rotatable bonds is 3. The van der Waals surface area contributed by atoms with Crippen molar-refractivity contribution in [2.75, 3.05) is 35.3 Å². The van der Waals surface area contributed by atoms with Crippen LogP contribution in [0.5, 0.6) is 5.88 Å². The lowest BCUT2D eigenvalue weighted by Gasteiger charge is -2.22. The van der Waals surface area contributed by atoms with E-state index in [-0.39, 0.29) is 24.0 Å². The SMILES string of the molecule is COc1ccnc(CN=C(N(C)C)N(C)C)n1.I. The van der Waals surface area contributed by atoms with Crippen molar-refractivity contribution >= 4 is 29.9 Å². The van der Waals surface area contributed by atoms with E-state index in [9.17, 15) is 0 Å². The summed E-state index contributed by atoms with van der Waals surface area (Å²) in [5.74, 6) is 2.07. The maximum atomic E-state index is 5.04. The molecule has 0 aliphatic rings. The molecule has 1 aromatic heterocycles. The molecule has 6 nitrogen and oxygen atoms in total. The predicted molar refractivity (Wildman–Crippen MR) is 82.5 cm³/mol. The Labute approximate surface area is 125 Å². The summed E-state index contributed by atoms with van der Waals surface area (Å²) in [5, 5.41) is 0. The van der Waals surface area contributed by atoms with Gasteiger partial charge >= 0.3 is 0 Å². The van der Waals surface area contributed by atoms with Crippen molar-refractivity contribution < 1.29 is 4.74 Å². The molecule has 0 bridgehead atoms. The maximum Gasteiger partial charge on any atom is 0.216 e. The summed E-state index contributed by atoms with van der Waals surface area (Å²) < 4.78 is 5.04. The van der Waals surface area contributed by atoms with E-state index in [1.807, 2.05) is 38.0 Å². The molecule has 0 atom stereocenters. The van der Waals surface area contributed by atoms with E-state index in [2.05, 4.69) is 15.0 Å². The fourth-order valence-electron chi connectivity index (χ4n) is 1.39. The molecule has 18 heavy (non-hydrogen) atoms. The highest BCUT2D eigenvalue weighted by Crippen LogP contribution is 2.04. The van der Waals surface area contributed by atoms with Gasteiger partial charge in [0.15, 0.2) is 11.8 Å². The third-order valence-electron chi connectivity index (χ3n) is 2.05. The average Bonchev–Trinajstić information content (AvgIpc) is 2.28. The Hall–Kier alpha value is -1.12. The summed E-state index contributed by atoms with van der Waals surface area (Å²) in [6.07, 6.45) is 1.67. The van der Waals surface area contributed by atoms with Crippen molar-refractivity contribution in [2.45, 2.75) is 6.54 Å². The average molecular weight is 365 g/mol. The Balaban J connectivity index is 0.00000289. The van der Waals surface area contributed by atoms with Crippen LogP contribution in [0.4, 0.5) is 0 Å². The van der Waals surface area contributed by atoms with Crippen LogP contribution in [0.3, 0.4) is 0 Å². The lowest BCUT2D eigenvalue weighted by Crippen LogP contribution is -2.35. The molecule has 1 heterocycles. The summed E-state index contributed by atoms with van der Waals surface area (Å²) in [7, 11) is 9.38. The number of hydrogen-bond donors (Lipinski definition) is 0. The number of hydrogen-bond acceptors (Lipinski definition) is 4. The number of methoxy groups -OCH3 is 1. The molecule has 1 aromatic rings. The van der Waals surface area contributed by atoms with Gasteiger partial charge in [0.2, 0.25) is 5.88 Å². The molecular weight excluding hydrogens is 345 g/mol. The molecule has 0 saturated carbocycles. The topological polar surface area (TPSA) is 53.9 Å². The monoisotopic (exact) mass is 365 g/mol. The highest BCUT2D eigenvalue weighted by molar-refractivity contribution is 14.0. The molecule has 7 heteroatoms. The highest BCUT2D eigenvalue weighted by Gasteiger charge is 2.05. The van der Waals surface area contributed by atoms with Gasteiger partial charge in [-0.15, -0.1) is 24.0 Å². The van der Waals surface area contributed by atoms with E-state index < -0.39 is 0 Å².